The lowest BCUT2D eigenvalue weighted by Gasteiger charge is -2.29. The van der Waals surface area contributed by atoms with E-state index in [-0.39, 0.29) is 0 Å². The lowest BCUT2D eigenvalue weighted by molar-refractivity contribution is 0.207. The summed E-state index contributed by atoms with van der Waals surface area (Å²) < 4.78 is 2.38. The number of likely N-dealkylation sites (tertiary alicyclic amines) is 1. The summed E-state index contributed by atoms with van der Waals surface area (Å²) >= 11 is 0. The summed E-state index contributed by atoms with van der Waals surface area (Å²) in [5, 5.41) is 0. The third-order valence-corrected chi connectivity index (χ3v) is 6.01. The summed E-state index contributed by atoms with van der Waals surface area (Å²) in [4.78, 5) is 9.86. The molecule has 1 saturated heterocycles. The van der Waals surface area contributed by atoms with E-state index in [1.165, 1.54) is 55.8 Å². The molecular weight excluding hydrogens is 308 g/mol. The van der Waals surface area contributed by atoms with Crippen LogP contribution >= 0.6 is 0 Å². The minimum Gasteiger partial charge on any atom is -0.334 e. The number of fused-ring (bicyclic) bond motifs is 1. The fourth-order valence-corrected chi connectivity index (χ4v) is 4.38. The van der Waals surface area contributed by atoms with Crippen LogP contribution in [0.3, 0.4) is 0 Å². The van der Waals surface area contributed by atoms with Gasteiger partial charge in [0, 0.05) is 44.3 Å². The van der Waals surface area contributed by atoms with E-state index in [1.54, 1.807) is 0 Å². The predicted octanol–water partition coefficient (Wildman–Crippen LogP) is 2.97. The summed E-state index contributed by atoms with van der Waals surface area (Å²) in [7, 11) is 2.28. The molecule has 2 aromatic rings. The van der Waals surface area contributed by atoms with Gasteiger partial charge in [0.25, 0.3) is 0 Å². The first-order valence-corrected chi connectivity index (χ1v) is 9.79. The Kier molecular flexibility index (Phi) is 5.18. The number of nitrogens with zero attached hydrogens (tertiary/aromatic N) is 4. The summed E-state index contributed by atoms with van der Waals surface area (Å²) in [6, 6.07) is 11.6. The zero-order valence-corrected chi connectivity index (χ0v) is 15.4. The third-order valence-electron chi connectivity index (χ3n) is 6.01. The molecule has 1 unspecified atom stereocenters. The van der Waals surface area contributed by atoms with Crippen LogP contribution in [0.25, 0.3) is 0 Å². The maximum atomic E-state index is 4.72. The van der Waals surface area contributed by atoms with Crippen LogP contribution in [0.15, 0.2) is 36.7 Å². The molecule has 0 N–H and O–H groups in total. The van der Waals surface area contributed by atoms with Crippen LogP contribution in [0.4, 0.5) is 0 Å². The average molecular weight is 338 g/mol. The molecule has 2 aliphatic rings. The minimum absolute atomic E-state index is 0.796. The molecule has 0 saturated carbocycles. The second-order valence-corrected chi connectivity index (χ2v) is 7.66. The van der Waals surface area contributed by atoms with Crippen LogP contribution in [-0.2, 0) is 25.9 Å². The highest BCUT2D eigenvalue weighted by Crippen LogP contribution is 2.22. The van der Waals surface area contributed by atoms with Crippen molar-refractivity contribution >= 4 is 0 Å². The summed E-state index contributed by atoms with van der Waals surface area (Å²) in [6.45, 7) is 5.75. The van der Waals surface area contributed by atoms with Crippen molar-refractivity contribution in [2.45, 2.75) is 51.2 Å². The molecule has 1 fully saturated rings. The standard InChI is InChI=1S/C21H30N4/c1-23-12-5-8-19(23)10-13-24-14-11-21-20(16-24)22-17-25(21)15-9-18-6-3-2-4-7-18/h2-4,6-7,17,19H,5,8-16H2,1H3. The minimum atomic E-state index is 0.796. The Labute approximate surface area is 151 Å². The Bertz CT molecular complexity index is 678. The molecular formula is C21H30N4. The van der Waals surface area contributed by atoms with Gasteiger partial charge in [0.1, 0.15) is 0 Å². The van der Waals surface area contributed by atoms with Gasteiger partial charge >= 0.3 is 0 Å². The molecule has 4 rings (SSSR count). The van der Waals surface area contributed by atoms with Crippen molar-refractivity contribution in [3.05, 3.63) is 53.6 Å². The molecule has 0 spiro atoms. The Morgan fingerprint density at radius 3 is 2.80 bits per heavy atom. The Hall–Kier alpha value is -1.65. The zero-order valence-electron chi connectivity index (χ0n) is 15.4. The number of aryl methyl sites for hydroxylation is 2. The van der Waals surface area contributed by atoms with Crippen molar-refractivity contribution in [3.8, 4) is 0 Å². The third kappa shape index (κ3) is 3.96. The van der Waals surface area contributed by atoms with Gasteiger partial charge < -0.3 is 9.47 Å². The SMILES string of the molecule is CN1CCCC1CCN1CCc2c(ncn2CCc2ccccc2)C1. The molecule has 2 aliphatic heterocycles. The normalized spacial score (nSPS) is 21.6. The van der Waals surface area contributed by atoms with E-state index < -0.39 is 0 Å². The van der Waals surface area contributed by atoms with E-state index in [0.717, 1.165) is 32.0 Å². The van der Waals surface area contributed by atoms with Gasteiger partial charge in [0.05, 0.1) is 12.0 Å². The molecule has 4 nitrogen and oxygen atoms in total. The molecule has 1 atom stereocenters. The van der Waals surface area contributed by atoms with E-state index in [2.05, 4.69) is 58.1 Å². The van der Waals surface area contributed by atoms with E-state index in [0.29, 0.717) is 0 Å². The number of rotatable bonds is 6. The zero-order chi connectivity index (χ0) is 17.1. The molecule has 0 amide bonds. The molecule has 1 aromatic heterocycles. The molecule has 4 heteroatoms. The molecule has 25 heavy (non-hydrogen) atoms. The Morgan fingerprint density at radius 2 is 2.00 bits per heavy atom. The lowest BCUT2D eigenvalue weighted by atomic mass is 10.1. The number of hydrogen-bond donors (Lipinski definition) is 0. The molecule has 0 radical (unpaired) electrons. The van der Waals surface area contributed by atoms with Crippen molar-refractivity contribution in [2.75, 3.05) is 26.7 Å². The number of aromatic nitrogens is 2. The van der Waals surface area contributed by atoms with Gasteiger partial charge in [-0.25, -0.2) is 4.98 Å². The number of benzene rings is 1. The fourth-order valence-electron chi connectivity index (χ4n) is 4.38. The maximum absolute atomic E-state index is 4.72. The van der Waals surface area contributed by atoms with Crippen LogP contribution < -0.4 is 0 Å². The van der Waals surface area contributed by atoms with E-state index in [1.807, 2.05) is 0 Å². The first kappa shape index (κ1) is 16.8. The first-order chi connectivity index (χ1) is 12.3. The summed E-state index contributed by atoms with van der Waals surface area (Å²) in [5.41, 5.74) is 4.17. The lowest BCUT2D eigenvalue weighted by Crippen LogP contribution is -2.35. The van der Waals surface area contributed by atoms with Crippen molar-refractivity contribution in [3.63, 3.8) is 0 Å². The van der Waals surface area contributed by atoms with Crippen LogP contribution in [0.5, 0.6) is 0 Å². The topological polar surface area (TPSA) is 24.3 Å². The Morgan fingerprint density at radius 1 is 1.12 bits per heavy atom. The summed E-state index contributed by atoms with van der Waals surface area (Å²) in [6.07, 6.45) is 8.34. The van der Waals surface area contributed by atoms with E-state index in [4.69, 9.17) is 4.98 Å². The number of hydrogen-bond acceptors (Lipinski definition) is 3. The predicted molar refractivity (Wildman–Crippen MR) is 102 cm³/mol. The van der Waals surface area contributed by atoms with Crippen molar-refractivity contribution < 1.29 is 0 Å². The second-order valence-electron chi connectivity index (χ2n) is 7.66. The van der Waals surface area contributed by atoms with Crippen molar-refractivity contribution in [2.24, 2.45) is 0 Å². The van der Waals surface area contributed by atoms with Gasteiger partial charge in [-0.05, 0) is 44.8 Å². The number of imidazole rings is 1. The van der Waals surface area contributed by atoms with Crippen LogP contribution in [0.2, 0.25) is 0 Å². The monoisotopic (exact) mass is 338 g/mol. The maximum Gasteiger partial charge on any atom is 0.0952 e. The van der Waals surface area contributed by atoms with Crippen molar-refractivity contribution in [1.29, 1.82) is 0 Å². The van der Waals surface area contributed by atoms with Gasteiger partial charge in [-0.3, -0.25) is 4.90 Å². The smallest absolute Gasteiger partial charge is 0.0952 e. The largest absolute Gasteiger partial charge is 0.334 e. The van der Waals surface area contributed by atoms with Gasteiger partial charge in [-0.15, -0.1) is 0 Å². The molecule has 3 heterocycles. The van der Waals surface area contributed by atoms with Gasteiger partial charge in [-0.2, -0.15) is 0 Å². The first-order valence-electron chi connectivity index (χ1n) is 9.79. The van der Waals surface area contributed by atoms with Crippen LogP contribution in [0.1, 0.15) is 36.2 Å². The second kappa shape index (κ2) is 7.71. The van der Waals surface area contributed by atoms with Gasteiger partial charge in [-0.1, -0.05) is 30.3 Å². The summed E-state index contributed by atoms with van der Waals surface area (Å²) in [5.74, 6) is 0. The van der Waals surface area contributed by atoms with Crippen LogP contribution in [-0.4, -0.2) is 52.1 Å². The fraction of sp³-hybridized carbons (Fsp3) is 0.571. The van der Waals surface area contributed by atoms with E-state index >= 15 is 0 Å². The molecule has 0 aliphatic carbocycles. The quantitative estimate of drug-likeness (QED) is 0.809. The average Bonchev–Trinajstić information content (AvgIpc) is 3.24. The highest BCUT2D eigenvalue weighted by Gasteiger charge is 2.24. The highest BCUT2D eigenvalue weighted by molar-refractivity contribution is 5.18. The Balaban J connectivity index is 1.31. The van der Waals surface area contributed by atoms with Gasteiger partial charge in [0.15, 0.2) is 0 Å². The molecule has 134 valence electrons. The highest BCUT2D eigenvalue weighted by atomic mass is 15.2. The van der Waals surface area contributed by atoms with Crippen LogP contribution in [0, 0.1) is 0 Å². The molecule has 1 aromatic carbocycles. The molecule has 0 bridgehead atoms. The van der Waals surface area contributed by atoms with E-state index in [9.17, 15) is 0 Å². The van der Waals surface area contributed by atoms with Gasteiger partial charge in [0.2, 0.25) is 0 Å². The van der Waals surface area contributed by atoms with Crippen molar-refractivity contribution in [1.82, 2.24) is 19.4 Å².